The quantitative estimate of drug-likeness (QED) is 0.122. The van der Waals surface area contributed by atoms with Crippen LogP contribution in [-0.2, 0) is 38.9 Å². The molecule has 0 aliphatic carbocycles. The molecular formula is C29H23Cl2F3N4O5S. The van der Waals surface area contributed by atoms with E-state index in [2.05, 4.69) is 10.4 Å². The molecule has 1 heterocycles. The number of carbonyl (C=O) groups is 2. The van der Waals surface area contributed by atoms with Gasteiger partial charge in [-0.1, -0.05) is 53.0 Å². The molecule has 44 heavy (non-hydrogen) atoms. The number of hydrogen-bond donors (Lipinski definition) is 2. The van der Waals surface area contributed by atoms with Crippen molar-refractivity contribution in [2.75, 3.05) is 5.32 Å². The van der Waals surface area contributed by atoms with Crippen molar-refractivity contribution < 1.29 is 35.6 Å². The van der Waals surface area contributed by atoms with E-state index in [0.717, 1.165) is 23.9 Å². The zero-order valence-corrected chi connectivity index (χ0v) is 25.1. The van der Waals surface area contributed by atoms with E-state index in [4.69, 9.17) is 27.6 Å². The summed E-state index contributed by atoms with van der Waals surface area (Å²) in [7, 11) is -4.00. The highest BCUT2D eigenvalue weighted by atomic mass is 35.5. The van der Waals surface area contributed by atoms with Crippen molar-refractivity contribution in [1.29, 1.82) is 0 Å². The lowest BCUT2D eigenvalue weighted by Gasteiger charge is -2.22. The summed E-state index contributed by atoms with van der Waals surface area (Å²) in [6.45, 7) is 1.59. The van der Waals surface area contributed by atoms with Gasteiger partial charge in [-0.25, -0.2) is 13.8 Å². The number of sulfonamides is 1. The Hall–Kier alpha value is -4.17. The fraction of sp³-hybridized carbons (Fsp3) is 0.138. The van der Waals surface area contributed by atoms with Gasteiger partial charge in [-0.2, -0.15) is 22.6 Å². The van der Waals surface area contributed by atoms with Crippen LogP contribution in [0, 0.1) is 6.92 Å². The summed E-state index contributed by atoms with van der Waals surface area (Å²) in [5, 5.41) is 6.27. The van der Waals surface area contributed by atoms with Gasteiger partial charge in [-0.05, 0) is 67.1 Å². The molecule has 0 bridgehead atoms. The van der Waals surface area contributed by atoms with Crippen molar-refractivity contribution in [1.82, 2.24) is 9.73 Å². The number of rotatable bonds is 9. The molecule has 2 amide bonds. The summed E-state index contributed by atoms with van der Waals surface area (Å²) in [5.41, 5.74) is 2.18. The maximum Gasteiger partial charge on any atom is 0.416 e. The first-order valence-corrected chi connectivity index (χ1v) is 14.8. The maximum absolute atomic E-state index is 13.6. The number of amides is 2. The molecule has 0 atom stereocenters. The van der Waals surface area contributed by atoms with Gasteiger partial charge < -0.3 is 9.73 Å². The second-order valence-corrected chi connectivity index (χ2v) is 12.1. The van der Waals surface area contributed by atoms with Crippen molar-refractivity contribution in [3.63, 3.8) is 0 Å². The predicted octanol–water partition coefficient (Wildman–Crippen LogP) is 6.39. The summed E-state index contributed by atoms with van der Waals surface area (Å²) < 4.78 is 72.6. The number of halogens is 5. The van der Waals surface area contributed by atoms with Crippen LogP contribution in [0.5, 0.6) is 0 Å². The number of aryl methyl sites for hydroxylation is 1. The molecule has 1 aromatic heterocycles. The van der Waals surface area contributed by atoms with E-state index >= 15 is 0 Å². The van der Waals surface area contributed by atoms with Gasteiger partial charge in [0.15, 0.2) is 0 Å². The molecule has 0 spiro atoms. The maximum atomic E-state index is 13.6. The number of carbonyl (C=O) groups excluding carboxylic acids is 2. The molecule has 0 saturated heterocycles. The Morgan fingerprint density at radius 2 is 1.66 bits per heavy atom. The number of hydrogen-bond acceptors (Lipinski definition) is 6. The molecule has 0 radical (unpaired) electrons. The van der Waals surface area contributed by atoms with Gasteiger partial charge in [-0.3, -0.25) is 9.59 Å². The van der Waals surface area contributed by atoms with E-state index in [1.807, 2.05) is 12.3 Å². The van der Waals surface area contributed by atoms with Crippen molar-refractivity contribution in [2.24, 2.45) is 5.10 Å². The van der Waals surface area contributed by atoms with Crippen LogP contribution >= 0.6 is 23.2 Å². The fourth-order valence-electron chi connectivity index (χ4n) is 3.82. The van der Waals surface area contributed by atoms with E-state index in [0.29, 0.717) is 16.7 Å². The Kier molecular flexibility index (Phi) is 10.1. The molecule has 4 rings (SSSR count). The Morgan fingerprint density at radius 1 is 0.932 bits per heavy atom. The lowest BCUT2D eigenvalue weighted by Crippen LogP contribution is -2.32. The number of alkyl halides is 3. The lowest BCUT2D eigenvalue weighted by molar-refractivity contribution is -0.137. The monoisotopic (exact) mass is 666 g/mol. The van der Waals surface area contributed by atoms with Gasteiger partial charge in [0, 0.05) is 12.2 Å². The molecule has 3 aromatic carbocycles. The van der Waals surface area contributed by atoms with Gasteiger partial charge in [0.25, 0.3) is 0 Å². The van der Waals surface area contributed by atoms with E-state index in [1.165, 1.54) is 34.6 Å². The lowest BCUT2D eigenvalue weighted by atomic mass is 10.2. The number of furan rings is 1. The second kappa shape index (κ2) is 13.6. The Morgan fingerprint density at radius 3 is 2.34 bits per heavy atom. The average molecular weight is 667 g/mol. The Balaban J connectivity index is 1.44. The van der Waals surface area contributed by atoms with Crippen LogP contribution in [0.1, 0.15) is 28.2 Å². The number of benzene rings is 3. The fourth-order valence-corrected chi connectivity index (χ4v) is 5.53. The van der Waals surface area contributed by atoms with Crippen LogP contribution in [0.25, 0.3) is 0 Å². The SMILES string of the molecule is Cc1ccc(S(=O)(=O)N(Cc2ccc(Cl)c(Cl)c2)Cc2ccc(/C=N/NC(=O)C(=O)Nc3cccc(C(F)(F)F)c3)o2)cc1. The average Bonchev–Trinajstić information content (AvgIpc) is 3.41. The van der Waals surface area contributed by atoms with Gasteiger partial charge >= 0.3 is 18.0 Å². The van der Waals surface area contributed by atoms with Crippen LogP contribution in [0.15, 0.2) is 93.3 Å². The highest BCUT2D eigenvalue weighted by Gasteiger charge is 2.31. The zero-order chi connectivity index (χ0) is 32.1. The van der Waals surface area contributed by atoms with Crippen LogP contribution < -0.4 is 10.7 Å². The minimum Gasteiger partial charge on any atom is -0.459 e. The number of anilines is 1. The van der Waals surface area contributed by atoms with Gasteiger partial charge in [-0.15, -0.1) is 0 Å². The molecule has 9 nitrogen and oxygen atoms in total. The summed E-state index contributed by atoms with van der Waals surface area (Å²) in [6.07, 6.45) is -3.56. The van der Waals surface area contributed by atoms with Crippen molar-refractivity contribution >= 4 is 56.9 Å². The Labute approximate surface area is 260 Å². The van der Waals surface area contributed by atoms with E-state index in [-0.39, 0.29) is 40.2 Å². The highest BCUT2D eigenvalue weighted by molar-refractivity contribution is 7.89. The first kappa shape index (κ1) is 32.7. The first-order chi connectivity index (χ1) is 20.7. The van der Waals surface area contributed by atoms with Gasteiger partial charge in [0.05, 0.1) is 33.3 Å². The van der Waals surface area contributed by atoms with Gasteiger partial charge in [0.1, 0.15) is 11.5 Å². The smallest absolute Gasteiger partial charge is 0.416 e. The minimum atomic E-state index is -4.62. The summed E-state index contributed by atoms with van der Waals surface area (Å²) in [4.78, 5) is 24.2. The molecule has 2 N–H and O–H groups in total. The Bertz CT molecular complexity index is 1810. The number of nitrogens with one attached hydrogen (secondary N) is 2. The summed E-state index contributed by atoms with van der Waals surface area (Å²) in [5.74, 6) is -2.15. The largest absolute Gasteiger partial charge is 0.459 e. The molecular weight excluding hydrogens is 644 g/mol. The summed E-state index contributed by atoms with van der Waals surface area (Å²) >= 11 is 12.1. The van der Waals surface area contributed by atoms with E-state index in [9.17, 15) is 31.2 Å². The van der Waals surface area contributed by atoms with E-state index < -0.39 is 33.6 Å². The molecule has 0 aliphatic heterocycles. The van der Waals surface area contributed by atoms with Crippen LogP contribution in [0.2, 0.25) is 10.0 Å². The van der Waals surface area contributed by atoms with Crippen molar-refractivity contribution in [3.05, 3.63) is 117 Å². The second-order valence-electron chi connectivity index (χ2n) is 9.37. The van der Waals surface area contributed by atoms with Crippen LogP contribution in [0.3, 0.4) is 0 Å². The number of nitrogens with zero attached hydrogens (tertiary/aromatic N) is 2. The van der Waals surface area contributed by atoms with Gasteiger partial charge in [0.2, 0.25) is 10.0 Å². The van der Waals surface area contributed by atoms with Crippen molar-refractivity contribution in [3.8, 4) is 0 Å². The molecule has 4 aromatic rings. The predicted molar refractivity (Wildman–Crippen MR) is 159 cm³/mol. The number of hydrazone groups is 1. The van der Waals surface area contributed by atoms with Crippen molar-refractivity contribution in [2.45, 2.75) is 31.1 Å². The third kappa shape index (κ3) is 8.47. The highest BCUT2D eigenvalue weighted by Crippen LogP contribution is 2.31. The normalized spacial score (nSPS) is 12.1. The van der Waals surface area contributed by atoms with Crippen LogP contribution in [-0.4, -0.2) is 30.8 Å². The molecule has 15 heteroatoms. The molecule has 0 fully saturated rings. The standard InChI is InChI=1S/C29H23Cl2F3N4O5S/c1-18-5-10-24(11-6-18)44(41,42)38(16-19-7-12-25(30)26(31)13-19)17-23-9-8-22(43-23)15-35-37-28(40)27(39)36-21-4-2-3-20(14-21)29(32,33)34/h2-15H,16-17H2,1H3,(H,36,39)(H,37,40)/b35-15+. The van der Waals surface area contributed by atoms with E-state index in [1.54, 1.807) is 30.3 Å². The van der Waals surface area contributed by atoms with Crippen LogP contribution in [0.4, 0.5) is 18.9 Å². The third-order valence-electron chi connectivity index (χ3n) is 6.03. The first-order valence-electron chi connectivity index (χ1n) is 12.6. The third-order valence-corrected chi connectivity index (χ3v) is 8.57. The summed E-state index contributed by atoms with van der Waals surface area (Å²) in [6, 6.07) is 17.9. The zero-order valence-electron chi connectivity index (χ0n) is 22.7. The molecule has 0 unspecified atom stereocenters. The molecule has 0 saturated carbocycles. The minimum absolute atomic E-state index is 0.0612. The molecule has 230 valence electrons. The molecule has 0 aliphatic rings. The topological polar surface area (TPSA) is 121 Å².